The molecule has 1 aromatic heterocycles. The average Bonchev–Trinajstić information content (AvgIpc) is 2.46. The van der Waals surface area contributed by atoms with E-state index in [-0.39, 0.29) is 0 Å². The van der Waals surface area contributed by atoms with E-state index in [2.05, 4.69) is 15.2 Å². The van der Waals surface area contributed by atoms with E-state index in [0.717, 1.165) is 48.5 Å². The van der Waals surface area contributed by atoms with Crippen molar-refractivity contribution >= 4 is 51.4 Å². The highest BCUT2D eigenvalue weighted by Crippen LogP contribution is 2.41. The Hall–Kier alpha value is -0.740. The molecular formula is C14H14Cl3N3. The van der Waals surface area contributed by atoms with Gasteiger partial charge in [0.15, 0.2) is 0 Å². The normalized spacial score (nSPS) is 15.9. The van der Waals surface area contributed by atoms with E-state index in [4.69, 9.17) is 34.8 Å². The first-order chi connectivity index (χ1) is 9.59. The zero-order valence-electron chi connectivity index (χ0n) is 11.0. The number of fused-ring (bicyclic) bond motifs is 1. The molecule has 1 aliphatic heterocycles. The first-order valence-electron chi connectivity index (χ1n) is 6.49. The van der Waals surface area contributed by atoms with Crippen molar-refractivity contribution in [1.82, 2.24) is 10.3 Å². The minimum absolute atomic E-state index is 0.598. The van der Waals surface area contributed by atoms with Gasteiger partial charge in [-0.1, -0.05) is 34.8 Å². The smallest absolute Gasteiger partial charge is 0.0928 e. The summed E-state index contributed by atoms with van der Waals surface area (Å²) in [6.45, 7) is 5.53. The fourth-order valence-electron chi connectivity index (χ4n) is 2.56. The highest BCUT2D eigenvalue weighted by Gasteiger charge is 2.21. The number of benzene rings is 1. The van der Waals surface area contributed by atoms with E-state index in [1.807, 2.05) is 6.92 Å². The summed E-state index contributed by atoms with van der Waals surface area (Å²) in [5, 5.41) is 6.06. The number of anilines is 1. The van der Waals surface area contributed by atoms with Gasteiger partial charge in [-0.05, 0) is 19.1 Å². The van der Waals surface area contributed by atoms with Gasteiger partial charge in [0.25, 0.3) is 0 Å². The van der Waals surface area contributed by atoms with E-state index in [0.29, 0.717) is 15.1 Å². The Morgan fingerprint density at radius 2 is 1.75 bits per heavy atom. The van der Waals surface area contributed by atoms with Crippen molar-refractivity contribution in [3.05, 3.63) is 32.9 Å². The number of piperazine rings is 1. The van der Waals surface area contributed by atoms with Crippen LogP contribution in [0.25, 0.3) is 10.9 Å². The lowest BCUT2D eigenvalue weighted by Crippen LogP contribution is -2.43. The van der Waals surface area contributed by atoms with Gasteiger partial charge in [0.2, 0.25) is 0 Å². The van der Waals surface area contributed by atoms with Crippen LogP contribution in [0.4, 0.5) is 5.69 Å². The third kappa shape index (κ3) is 2.33. The van der Waals surface area contributed by atoms with E-state index >= 15 is 0 Å². The molecule has 2 aromatic rings. The topological polar surface area (TPSA) is 28.2 Å². The third-order valence-electron chi connectivity index (χ3n) is 3.55. The summed E-state index contributed by atoms with van der Waals surface area (Å²) in [5.41, 5.74) is 2.44. The number of nitrogens with one attached hydrogen (secondary N) is 1. The fourth-order valence-corrected chi connectivity index (χ4v) is 3.26. The number of nitrogens with zero attached hydrogens (tertiary/aromatic N) is 2. The summed E-state index contributed by atoms with van der Waals surface area (Å²) in [5.74, 6) is 0. The molecule has 0 aliphatic carbocycles. The van der Waals surface area contributed by atoms with Crippen LogP contribution in [0.15, 0.2) is 12.1 Å². The van der Waals surface area contributed by atoms with Crippen molar-refractivity contribution in [3.63, 3.8) is 0 Å². The molecular weight excluding hydrogens is 317 g/mol. The summed E-state index contributed by atoms with van der Waals surface area (Å²) in [6, 6.07) is 3.57. The lowest BCUT2D eigenvalue weighted by Gasteiger charge is -2.31. The van der Waals surface area contributed by atoms with Crippen LogP contribution in [0.5, 0.6) is 0 Å². The molecule has 20 heavy (non-hydrogen) atoms. The molecule has 0 atom stereocenters. The van der Waals surface area contributed by atoms with Crippen molar-refractivity contribution in [2.75, 3.05) is 31.1 Å². The fraction of sp³-hybridized carbons (Fsp3) is 0.357. The highest BCUT2D eigenvalue weighted by atomic mass is 35.5. The summed E-state index contributed by atoms with van der Waals surface area (Å²) in [7, 11) is 0. The van der Waals surface area contributed by atoms with E-state index in [1.54, 1.807) is 12.1 Å². The average molecular weight is 331 g/mol. The number of aromatic nitrogens is 1. The number of aryl methyl sites for hydroxylation is 1. The minimum atomic E-state index is 0.598. The molecule has 106 valence electrons. The van der Waals surface area contributed by atoms with Gasteiger partial charge in [0, 0.05) is 31.6 Å². The van der Waals surface area contributed by atoms with Gasteiger partial charge in [-0.25, -0.2) is 4.98 Å². The molecule has 6 heteroatoms. The van der Waals surface area contributed by atoms with Gasteiger partial charge < -0.3 is 10.2 Å². The number of pyridine rings is 1. The second-order valence-electron chi connectivity index (χ2n) is 4.85. The van der Waals surface area contributed by atoms with Gasteiger partial charge in [0.1, 0.15) is 0 Å². The predicted octanol–water partition coefficient (Wildman–Crippen LogP) is 3.91. The molecule has 0 spiro atoms. The largest absolute Gasteiger partial charge is 0.367 e. The van der Waals surface area contributed by atoms with Crippen LogP contribution in [0.3, 0.4) is 0 Å². The van der Waals surface area contributed by atoms with Crippen molar-refractivity contribution in [2.24, 2.45) is 0 Å². The molecule has 3 rings (SSSR count). The van der Waals surface area contributed by atoms with Crippen molar-refractivity contribution in [3.8, 4) is 0 Å². The lowest BCUT2D eigenvalue weighted by molar-refractivity contribution is 0.590. The minimum Gasteiger partial charge on any atom is -0.367 e. The van der Waals surface area contributed by atoms with E-state index in [1.165, 1.54) is 0 Å². The number of hydrogen-bond acceptors (Lipinski definition) is 3. The molecule has 1 N–H and O–H groups in total. The zero-order valence-corrected chi connectivity index (χ0v) is 13.3. The van der Waals surface area contributed by atoms with Crippen molar-refractivity contribution in [1.29, 1.82) is 0 Å². The molecule has 1 saturated heterocycles. The molecule has 0 radical (unpaired) electrons. The zero-order chi connectivity index (χ0) is 14.3. The molecule has 1 fully saturated rings. The lowest BCUT2D eigenvalue weighted by atomic mass is 10.1. The monoisotopic (exact) mass is 329 g/mol. The Morgan fingerprint density at radius 3 is 2.45 bits per heavy atom. The molecule has 0 amide bonds. The molecule has 1 aromatic carbocycles. The van der Waals surface area contributed by atoms with Gasteiger partial charge >= 0.3 is 0 Å². The van der Waals surface area contributed by atoms with E-state index in [9.17, 15) is 0 Å². The third-order valence-corrected chi connectivity index (χ3v) is 4.63. The Labute approximate surface area is 132 Å². The Kier molecular flexibility index (Phi) is 3.95. The SMILES string of the molecule is Cc1nc2c(Cl)ccc(Cl)c2c(N2CCNCC2)c1Cl. The summed E-state index contributed by atoms with van der Waals surface area (Å²) in [4.78, 5) is 6.75. The van der Waals surface area contributed by atoms with Crippen LogP contribution < -0.4 is 10.2 Å². The van der Waals surface area contributed by atoms with Gasteiger partial charge in [0.05, 0.1) is 32.0 Å². The quantitative estimate of drug-likeness (QED) is 0.859. The van der Waals surface area contributed by atoms with Crippen LogP contribution in [0.1, 0.15) is 5.69 Å². The van der Waals surface area contributed by atoms with Crippen molar-refractivity contribution in [2.45, 2.75) is 6.92 Å². The first kappa shape index (κ1) is 14.2. The van der Waals surface area contributed by atoms with Crippen molar-refractivity contribution < 1.29 is 0 Å². The summed E-state index contributed by atoms with van der Waals surface area (Å²) < 4.78 is 0. The first-order valence-corrected chi connectivity index (χ1v) is 7.62. The maximum absolute atomic E-state index is 6.50. The van der Waals surface area contributed by atoms with Crippen LogP contribution in [0.2, 0.25) is 15.1 Å². The van der Waals surface area contributed by atoms with Crippen LogP contribution in [0, 0.1) is 6.92 Å². The standard InChI is InChI=1S/C14H14Cl3N3/c1-8-12(17)14(20-6-4-18-5-7-20)11-9(15)2-3-10(16)13(11)19-8/h2-3,18H,4-7H2,1H3. The number of halogens is 3. The van der Waals surface area contributed by atoms with Gasteiger partial charge in [-0.15, -0.1) is 0 Å². The van der Waals surface area contributed by atoms with Gasteiger partial charge in [-0.3, -0.25) is 0 Å². The maximum Gasteiger partial charge on any atom is 0.0928 e. The van der Waals surface area contributed by atoms with Crippen LogP contribution >= 0.6 is 34.8 Å². The Balaban J connectivity index is 2.32. The molecule has 0 bridgehead atoms. The molecule has 3 nitrogen and oxygen atoms in total. The predicted molar refractivity (Wildman–Crippen MR) is 86.6 cm³/mol. The number of rotatable bonds is 1. The summed E-state index contributed by atoms with van der Waals surface area (Å²) in [6.07, 6.45) is 0. The second kappa shape index (κ2) is 5.57. The molecule has 0 saturated carbocycles. The van der Waals surface area contributed by atoms with Gasteiger partial charge in [-0.2, -0.15) is 0 Å². The van der Waals surface area contributed by atoms with E-state index < -0.39 is 0 Å². The Bertz CT molecular complexity index is 666. The maximum atomic E-state index is 6.50. The number of hydrogen-bond donors (Lipinski definition) is 1. The molecule has 0 unspecified atom stereocenters. The highest BCUT2D eigenvalue weighted by molar-refractivity contribution is 6.43. The molecule has 1 aliphatic rings. The van der Waals surface area contributed by atoms with Crippen LogP contribution in [-0.4, -0.2) is 31.2 Å². The summed E-state index contributed by atoms with van der Waals surface area (Å²) >= 11 is 19.2. The second-order valence-corrected chi connectivity index (χ2v) is 6.04. The molecule has 2 heterocycles. The van der Waals surface area contributed by atoms with Crippen LogP contribution in [-0.2, 0) is 0 Å². The Morgan fingerprint density at radius 1 is 1.10 bits per heavy atom.